The molecule has 0 unspecified atom stereocenters. The number of hydrogen-bond donors (Lipinski definition) is 0. The Kier molecular flexibility index (Phi) is 5.65. The number of hydrogen-bond acceptors (Lipinski definition) is 6. The fourth-order valence-corrected chi connectivity index (χ4v) is 5.00. The van der Waals surface area contributed by atoms with Crippen LogP contribution in [-0.2, 0) is 32.6 Å². The highest BCUT2D eigenvalue weighted by Gasteiger charge is 2.30. The topological polar surface area (TPSA) is 89.7 Å². The highest BCUT2D eigenvalue weighted by molar-refractivity contribution is 7.92. The van der Waals surface area contributed by atoms with Crippen molar-refractivity contribution in [3.8, 4) is 0 Å². The van der Waals surface area contributed by atoms with Crippen LogP contribution in [0.1, 0.15) is 28.1 Å². The van der Waals surface area contributed by atoms with Crippen molar-refractivity contribution in [1.29, 1.82) is 0 Å². The molecule has 0 bridgehead atoms. The number of carbonyl (C=O) groups excluding carboxylic acids is 1. The lowest BCUT2D eigenvalue weighted by Crippen LogP contribution is -2.29. The van der Waals surface area contributed by atoms with Gasteiger partial charge in [0, 0.05) is 12.6 Å². The van der Waals surface area contributed by atoms with Gasteiger partial charge in [-0.05, 0) is 55.7 Å². The summed E-state index contributed by atoms with van der Waals surface area (Å²) in [6, 6.07) is 13.9. The lowest BCUT2D eigenvalue weighted by atomic mass is 10.2. The maximum absolute atomic E-state index is 13.0. The Morgan fingerprint density at radius 1 is 1.16 bits per heavy atom. The molecule has 0 fully saturated rings. The van der Waals surface area contributed by atoms with E-state index in [-0.39, 0.29) is 11.5 Å². The van der Waals surface area contributed by atoms with Gasteiger partial charge in [0.25, 0.3) is 10.0 Å². The van der Waals surface area contributed by atoms with Gasteiger partial charge >= 0.3 is 5.97 Å². The van der Waals surface area contributed by atoms with E-state index in [9.17, 15) is 13.2 Å². The number of rotatable bonds is 6. The van der Waals surface area contributed by atoms with Gasteiger partial charge in [0.15, 0.2) is 0 Å². The van der Waals surface area contributed by atoms with Gasteiger partial charge in [0.1, 0.15) is 12.4 Å². The summed E-state index contributed by atoms with van der Waals surface area (Å²) in [4.78, 5) is 12.2. The molecule has 1 aromatic heterocycles. The molecule has 0 amide bonds. The summed E-state index contributed by atoms with van der Waals surface area (Å²) < 4.78 is 37.8. The van der Waals surface area contributed by atoms with Crippen molar-refractivity contribution in [3.05, 3.63) is 82.8 Å². The van der Waals surface area contributed by atoms with E-state index in [1.54, 1.807) is 44.2 Å². The van der Waals surface area contributed by atoms with Crippen LogP contribution in [0, 0.1) is 13.8 Å². The van der Waals surface area contributed by atoms with Gasteiger partial charge in [-0.2, -0.15) is 0 Å². The first-order valence-electron chi connectivity index (χ1n) is 9.83. The third-order valence-electron chi connectivity index (χ3n) is 5.26. The molecular formula is C23H22N2O5S. The zero-order chi connectivity index (χ0) is 22.0. The number of aromatic nitrogens is 1. The Balaban J connectivity index is 1.42. The SMILES string of the molecule is Cc1noc(C)c1COC(=O)/C=C/c1ccc(S(=O)(=O)N2CCc3ccccc32)cc1. The van der Waals surface area contributed by atoms with Crippen LogP contribution < -0.4 is 4.31 Å². The first kappa shape index (κ1) is 20.9. The van der Waals surface area contributed by atoms with Gasteiger partial charge in [-0.1, -0.05) is 35.5 Å². The van der Waals surface area contributed by atoms with Crippen LogP contribution in [0.5, 0.6) is 0 Å². The van der Waals surface area contributed by atoms with Crippen LogP contribution in [0.4, 0.5) is 5.69 Å². The molecule has 0 aliphatic carbocycles. The lowest BCUT2D eigenvalue weighted by Gasteiger charge is -2.19. The van der Waals surface area contributed by atoms with E-state index >= 15 is 0 Å². The number of ether oxygens (including phenoxy) is 1. The first-order valence-corrected chi connectivity index (χ1v) is 11.3. The van der Waals surface area contributed by atoms with E-state index < -0.39 is 16.0 Å². The van der Waals surface area contributed by atoms with Gasteiger partial charge in [-0.25, -0.2) is 13.2 Å². The molecule has 31 heavy (non-hydrogen) atoms. The number of benzene rings is 2. The predicted molar refractivity (Wildman–Crippen MR) is 116 cm³/mol. The second-order valence-electron chi connectivity index (χ2n) is 7.27. The van der Waals surface area contributed by atoms with Crippen molar-refractivity contribution in [2.45, 2.75) is 31.8 Å². The number of sulfonamides is 1. The monoisotopic (exact) mass is 438 g/mol. The van der Waals surface area contributed by atoms with Crippen molar-refractivity contribution in [2.24, 2.45) is 0 Å². The van der Waals surface area contributed by atoms with Crippen LogP contribution in [0.2, 0.25) is 0 Å². The molecule has 160 valence electrons. The molecule has 2 heterocycles. The minimum atomic E-state index is -3.64. The molecule has 0 spiro atoms. The highest BCUT2D eigenvalue weighted by Crippen LogP contribution is 2.32. The van der Waals surface area contributed by atoms with Crippen molar-refractivity contribution in [2.75, 3.05) is 10.8 Å². The molecule has 0 saturated carbocycles. The molecule has 3 aromatic rings. The number of fused-ring (bicyclic) bond motifs is 1. The van der Waals surface area contributed by atoms with Crippen molar-refractivity contribution in [1.82, 2.24) is 5.16 Å². The normalized spacial score (nSPS) is 13.5. The van der Waals surface area contributed by atoms with Crippen molar-refractivity contribution in [3.63, 3.8) is 0 Å². The predicted octanol–water partition coefficient (Wildman–Crippen LogP) is 3.80. The summed E-state index contributed by atoms with van der Waals surface area (Å²) in [5.74, 6) is 0.108. The summed E-state index contributed by atoms with van der Waals surface area (Å²) in [7, 11) is -3.64. The molecule has 0 atom stereocenters. The van der Waals surface area contributed by atoms with Crippen LogP contribution in [0.3, 0.4) is 0 Å². The van der Waals surface area contributed by atoms with E-state index in [0.717, 1.165) is 16.8 Å². The third-order valence-corrected chi connectivity index (χ3v) is 7.09. The van der Waals surface area contributed by atoms with Gasteiger partial charge < -0.3 is 9.26 Å². The van der Waals surface area contributed by atoms with E-state index in [1.807, 2.05) is 24.3 Å². The molecule has 1 aliphatic rings. The Morgan fingerprint density at radius 3 is 2.61 bits per heavy atom. The zero-order valence-electron chi connectivity index (χ0n) is 17.2. The largest absolute Gasteiger partial charge is 0.457 e. The number of carbonyl (C=O) groups is 1. The van der Waals surface area contributed by atoms with Gasteiger partial charge in [0.2, 0.25) is 0 Å². The number of esters is 1. The second-order valence-corrected chi connectivity index (χ2v) is 9.13. The summed E-state index contributed by atoms with van der Waals surface area (Å²) >= 11 is 0. The first-order chi connectivity index (χ1) is 14.9. The molecule has 1 aliphatic heterocycles. The van der Waals surface area contributed by atoms with Crippen LogP contribution in [-0.4, -0.2) is 26.1 Å². The molecule has 4 rings (SSSR count). The Morgan fingerprint density at radius 2 is 1.90 bits per heavy atom. The molecule has 2 aromatic carbocycles. The summed E-state index contributed by atoms with van der Waals surface area (Å²) in [5, 5.41) is 3.82. The minimum Gasteiger partial charge on any atom is -0.457 e. The minimum absolute atomic E-state index is 0.0822. The molecule has 0 saturated heterocycles. The third kappa shape index (κ3) is 4.25. The number of para-hydroxylation sites is 1. The van der Waals surface area contributed by atoms with Crippen LogP contribution >= 0.6 is 0 Å². The zero-order valence-corrected chi connectivity index (χ0v) is 18.1. The average Bonchev–Trinajstić information content (AvgIpc) is 3.34. The number of anilines is 1. The summed E-state index contributed by atoms with van der Waals surface area (Å²) in [6.07, 6.45) is 3.59. The van der Waals surface area contributed by atoms with E-state index in [1.165, 1.54) is 10.4 Å². The molecule has 7 nitrogen and oxygen atoms in total. The van der Waals surface area contributed by atoms with E-state index in [2.05, 4.69) is 5.16 Å². The fourth-order valence-electron chi connectivity index (χ4n) is 3.50. The van der Waals surface area contributed by atoms with Crippen LogP contribution in [0.15, 0.2) is 64.0 Å². The fraction of sp³-hybridized carbons (Fsp3) is 0.217. The van der Waals surface area contributed by atoms with E-state index in [0.29, 0.717) is 30.0 Å². The maximum Gasteiger partial charge on any atom is 0.331 e. The van der Waals surface area contributed by atoms with E-state index in [4.69, 9.17) is 9.26 Å². The van der Waals surface area contributed by atoms with Gasteiger partial charge in [-0.3, -0.25) is 4.31 Å². The molecular weight excluding hydrogens is 416 g/mol. The summed E-state index contributed by atoms with van der Waals surface area (Å²) in [5.41, 5.74) is 3.88. The maximum atomic E-state index is 13.0. The lowest BCUT2D eigenvalue weighted by molar-refractivity contribution is -0.138. The Hall–Kier alpha value is -3.39. The number of nitrogens with zero attached hydrogens (tertiary/aromatic N) is 2. The Bertz CT molecular complexity index is 1220. The van der Waals surface area contributed by atoms with Crippen molar-refractivity contribution >= 4 is 27.8 Å². The average molecular weight is 439 g/mol. The quantitative estimate of drug-likeness (QED) is 0.430. The van der Waals surface area contributed by atoms with Crippen molar-refractivity contribution < 1.29 is 22.5 Å². The molecule has 0 radical (unpaired) electrons. The van der Waals surface area contributed by atoms with Gasteiger partial charge in [-0.15, -0.1) is 0 Å². The highest BCUT2D eigenvalue weighted by atomic mass is 32.2. The second kappa shape index (κ2) is 8.39. The summed E-state index contributed by atoms with van der Waals surface area (Å²) in [6.45, 7) is 4.06. The molecule has 0 N–H and O–H groups in total. The van der Waals surface area contributed by atoms with Gasteiger partial charge in [0.05, 0.1) is 21.8 Å². The number of aryl methyl sites for hydroxylation is 2. The van der Waals surface area contributed by atoms with Crippen LogP contribution in [0.25, 0.3) is 6.08 Å². The molecule has 8 heteroatoms. The smallest absolute Gasteiger partial charge is 0.331 e. The standard InChI is InChI=1S/C23H22N2O5S/c1-16-21(17(2)30-24-16)15-29-23(26)12-9-18-7-10-20(11-8-18)31(27,28)25-14-13-19-5-3-4-6-22(19)25/h3-12H,13-15H2,1-2H3/b12-9+. The Labute approximate surface area is 181 Å².